The van der Waals surface area contributed by atoms with E-state index in [-0.39, 0.29) is 12.6 Å². The van der Waals surface area contributed by atoms with Crippen LogP contribution in [-0.4, -0.2) is 51.3 Å². The van der Waals surface area contributed by atoms with Crippen molar-refractivity contribution >= 4 is 17.6 Å². The maximum atomic E-state index is 11.3. The van der Waals surface area contributed by atoms with Crippen LogP contribution in [0.5, 0.6) is 0 Å². The van der Waals surface area contributed by atoms with Crippen LogP contribution in [0.15, 0.2) is 6.20 Å². The molecule has 7 heteroatoms. The second kappa shape index (κ2) is 6.56. The zero-order valence-corrected chi connectivity index (χ0v) is 12.5. The molecule has 0 bridgehead atoms. The van der Waals surface area contributed by atoms with Gasteiger partial charge in [0.15, 0.2) is 0 Å². The molecule has 0 radical (unpaired) electrons. The lowest BCUT2D eigenvalue weighted by atomic mass is 10.0. The number of aliphatic carboxylic acids is 1. The van der Waals surface area contributed by atoms with Gasteiger partial charge in [0.25, 0.3) is 0 Å². The van der Waals surface area contributed by atoms with E-state index in [0.717, 1.165) is 18.8 Å². The maximum Gasteiger partial charge on any atom is 0.310 e. The SMILES string of the molecule is CCCN(Cc1ncc(Cl)n1C)C1COCC1C(=O)O. The van der Waals surface area contributed by atoms with Crippen molar-refractivity contribution in [1.29, 1.82) is 0 Å². The Morgan fingerprint density at radius 3 is 2.95 bits per heavy atom. The fourth-order valence-corrected chi connectivity index (χ4v) is 2.69. The molecule has 0 spiro atoms. The molecule has 0 aromatic carbocycles. The third kappa shape index (κ3) is 3.13. The fourth-order valence-electron chi connectivity index (χ4n) is 2.54. The summed E-state index contributed by atoms with van der Waals surface area (Å²) in [6, 6.07) is -0.108. The molecule has 2 unspecified atom stereocenters. The lowest BCUT2D eigenvalue weighted by Gasteiger charge is -2.29. The minimum Gasteiger partial charge on any atom is -0.481 e. The number of hydrogen-bond acceptors (Lipinski definition) is 4. The molecule has 2 rings (SSSR count). The Morgan fingerprint density at radius 2 is 2.40 bits per heavy atom. The van der Waals surface area contributed by atoms with E-state index < -0.39 is 11.9 Å². The number of hydrogen-bond donors (Lipinski definition) is 1. The Balaban J connectivity index is 2.14. The third-order valence-corrected chi connectivity index (χ3v) is 4.07. The molecule has 6 nitrogen and oxygen atoms in total. The van der Waals surface area contributed by atoms with E-state index in [4.69, 9.17) is 16.3 Å². The number of ether oxygens (including phenoxy) is 1. The average Bonchev–Trinajstić information content (AvgIpc) is 3.00. The van der Waals surface area contributed by atoms with Crippen molar-refractivity contribution in [3.8, 4) is 0 Å². The number of aromatic nitrogens is 2. The van der Waals surface area contributed by atoms with Crippen LogP contribution in [0.3, 0.4) is 0 Å². The molecule has 1 N–H and O–H groups in total. The van der Waals surface area contributed by atoms with E-state index in [1.54, 1.807) is 6.20 Å². The lowest BCUT2D eigenvalue weighted by Crippen LogP contribution is -2.43. The molecule has 1 saturated heterocycles. The fraction of sp³-hybridized carbons (Fsp3) is 0.692. The number of carbonyl (C=O) groups is 1. The second-order valence-electron chi connectivity index (χ2n) is 5.08. The first-order chi connectivity index (χ1) is 9.54. The highest BCUT2D eigenvalue weighted by molar-refractivity contribution is 6.29. The summed E-state index contributed by atoms with van der Waals surface area (Å²) in [4.78, 5) is 17.7. The van der Waals surface area contributed by atoms with E-state index in [1.807, 2.05) is 11.6 Å². The molecule has 0 amide bonds. The van der Waals surface area contributed by atoms with Gasteiger partial charge in [-0.25, -0.2) is 4.98 Å². The maximum absolute atomic E-state index is 11.3. The highest BCUT2D eigenvalue weighted by Gasteiger charge is 2.38. The smallest absolute Gasteiger partial charge is 0.310 e. The van der Waals surface area contributed by atoms with Crippen molar-refractivity contribution in [2.75, 3.05) is 19.8 Å². The van der Waals surface area contributed by atoms with Gasteiger partial charge in [0, 0.05) is 13.1 Å². The molecule has 0 saturated carbocycles. The first-order valence-corrected chi connectivity index (χ1v) is 7.13. The standard InChI is InChI=1S/C13H20ClN3O3/c1-3-4-17(6-12-15-5-11(14)16(12)2)10-8-20-7-9(10)13(18)19/h5,9-10H,3-4,6-8H2,1-2H3,(H,18,19). The molecule has 1 aliphatic rings. The molecule has 0 aliphatic carbocycles. The molecule has 2 atom stereocenters. The van der Waals surface area contributed by atoms with Gasteiger partial charge in [0.1, 0.15) is 11.0 Å². The van der Waals surface area contributed by atoms with E-state index >= 15 is 0 Å². The summed E-state index contributed by atoms with van der Waals surface area (Å²) in [5, 5.41) is 9.85. The van der Waals surface area contributed by atoms with Gasteiger partial charge in [-0.3, -0.25) is 9.69 Å². The first-order valence-electron chi connectivity index (χ1n) is 6.75. The number of halogens is 1. The minimum absolute atomic E-state index is 0.108. The van der Waals surface area contributed by atoms with E-state index in [1.165, 1.54) is 0 Å². The van der Waals surface area contributed by atoms with Crippen LogP contribution >= 0.6 is 11.6 Å². The van der Waals surface area contributed by atoms with Gasteiger partial charge in [-0.1, -0.05) is 18.5 Å². The van der Waals surface area contributed by atoms with Gasteiger partial charge in [-0.2, -0.15) is 0 Å². The van der Waals surface area contributed by atoms with Gasteiger partial charge in [0.2, 0.25) is 0 Å². The number of imidazole rings is 1. The quantitative estimate of drug-likeness (QED) is 0.860. The Bertz CT molecular complexity index is 477. The number of carboxylic acid groups (broad SMARTS) is 1. The van der Waals surface area contributed by atoms with Gasteiger partial charge in [-0.15, -0.1) is 0 Å². The minimum atomic E-state index is -0.800. The molecule has 1 fully saturated rings. The molecule has 1 aromatic heterocycles. The number of carboxylic acids is 1. The molecule has 1 aromatic rings. The van der Waals surface area contributed by atoms with Crippen LogP contribution < -0.4 is 0 Å². The van der Waals surface area contributed by atoms with E-state index in [9.17, 15) is 9.90 Å². The second-order valence-corrected chi connectivity index (χ2v) is 5.46. The topological polar surface area (TPSA) is 67.6 Å². The van der Waals surface area contributed by atoms with Gasteiger partial charge in [0.05, 0.1) is 31.9 Å². The Morgan fingerprint density at radius 1 is 1.65 bits per heavy atom. The zero-order valence-electron chi connectivity index (χ0n) is 11.8. The Hall–Kier alpha value is -1.11. The van der Waals surface area contributed by atoms with Crippen molar-refractivity contribution < 1.29 is 14.6 Å². The van der Waals surface area contributed by atoms with Crippen LogP contribution in [-0.2, 0) is 23.1 Å². The number of rotatable bonds is 6. The number of nitrogens with zero attached hydrogens (tertiary/aromatic N) is 3. The van der Waals surface area contributed by atoms with E-state index in [0.29, 0.717) is 18.3 Å². The lowest BCUT2D eigenvalue weighted by molar-refractivity contribution is -0.143. The van der Waals surface area contributed by atoms with Crippen LogP contribution in [0.2, 0.25) is 5.15 Å². The molecule has 112 valence electrons. The predicted octanol–water partition coefficient (Wildman–Crippen LogP) is 1.39. The van der Waals surface area contributed by atoms with Crippen LogP contribution in [0.25, 0.3) is 0 Å². The molecule has 20 heavy (non-hydrogen) atoms. The van der Waals surface area contributed by atoms with Crippen LogP contribution in [0.4, 0.5) is 0 Å². The summed E-state index contributed by atoms with van der Waals surface area (Å²) in [5.74, 6) is -0.441. The molecule has 2 heterocycles. The molecular formula is C13H20ClN3O3. The predicted molar refractivity (Wildman–Crippen MR) is 74.7 cm³/mol. The van der Waals surface area contributed by atoms with E-state index in [2.05, 4.69) is 16.8 Å². The zero-order chi connectivity index (χ0) is 14.7. The summed E-state index contributed by atoms with van der Waals surface area (Å²) in [6.45, 7) is 4.19. The Labute approximate surface area is 123 Å². The normalized spacial score (nSPS) is 22.6. The largest absolute Gasteiger partial charge is 0.481 e. The van der Waals surface area contributed by atoms with Crippen molar-refractivity contribution in [2.45, 2.75) is 25.9 Å². The van der Waals surface area contributed by atoms with Crippen molar-refractivity contribution in [3.63, 3.8) is 0 Å². The molecular weight excluding hydrogens is 282 g/mol. The molecule has 1 aliphatic heterocycles. The van der Waals surface area contributed by atoms with Gasteiger partial charge in [-0.05, 0) is 13.0 Å². The van der Waals surface area contributed by atoms with Gasteiger partial charge < -0.3 is 14.4 Å². The highest BCUT2D eigenvalue weighted by atomic mass is 35.5. The van der Waals surface area contributed by atoms with Crippen molar-refractivity contribution in [3.05, 3.63) is 17.2 Å². The Kier molecular flexibility index (Phi) is 5.01. The first kappa shape index (κ1) is 15.3. The summed E-state index contributed by atoms with van der Waals surface area (Å²) >= 11 is 5.99. The summed E-state index contributed by atoms with van der Waals surface area (Å²) in [7, 11) is 1.86. The van der Waals surface area contributed by atoms with Crippen molar-refractivity contribution in [1.82, 2.24) is 14.5 Å². The third-order valence-electron chi connectivity index (χ3n) is 3.72. The highest BCUT2D eigenvalue weighted by Crippen LogP contribution is 2.22. The summed E-state index contributed by atoms with van der Waals surface area (Å²) < 4.78 is 7.17. The average molecular weight is 302 g/mol. The van der Waals surface area contributed by atoms with Crippen LogP contribution in [0.1, 0.15) is 19.2 Å². The monoisotopic (exact) mass is 301 g/mol. The van der Waals surface area contributed by atoms with Crippen molar-refractivity contribution in [2.24, 2.45) is 13.0 Å². The van der Waals surface area contributed by atoms with Gasteiger partial charge >= 0.3 is 5.97 Å². The summed E-state index contributed by atoms with van der Waals surface area (Å²) in [5.41, 5.74) is 0. The van der Waals surface area contributed by atoms with Crippen LogP contribution in [0, 0.1) is 5.92 Å². The summed E-state index contributed by atoms with van der Waals surface area (Å²) in [6.07, 6.45) is 2.56.